The summed E-state index contributed by atoms with van der Waals surface area (Å²) in [6.45, 7) is 4.59. The van der Waals surface area contributed by atoms with Crippen LogP contribution >= 0.6 is 11.8 Å². The fourth-order valence-electron chi connectivity index (χ4n) is 2.41. The summed E-state index contributed by atoms with van der Waals surface area (Å²) in [6.07, 6.45) is 1.86. The van der Waals surface area contributed by atoms with Crippen LogP contribution in [0.3, 0.4) is 0 Å². The van der Waals surface area contributed by atoms with Gasteiger partial charge in [0.25, 0.3) is 0 Å². The fourth-order valence-corrected chi connectivity index (χ4v) is 3.63. The molecule has 2 aromatic rings. The van der Waals surface area contributed by atoms with Gasteiger partial charge in [0.15, 0.2) is 4.93 Å². The average Bonchev–Trinajstić information content (AvgIpc) is 2.99. The van der Waals surface area contributed by atoms with Crippen LogP contribution in [0.5, 0.6) is 0 Å². The van der Waals surface area contributed by atoms with Crippen LogP contribution in [0.2, 0.25) is 0 Å². The van der Waals surface area contributed by atoms with Crippen molar-refractivity contribution in [2.75, 3.05) is 12.4 Å². The Labute approximate surface area is 118 Å². The van der Waals surface area contributed by atoms with Crippen molar-refractivity contribution in [3.63, 3.8) is 0 Å². The number of benzene rings is 2. The molecule has 3 rings (SSSR count). The van der Waals surface area contributed by atoms with Gasteiger partial charge in [0, 0.05) is 5.75 Å². The lowest BCUT2D eigenvalue weighted by atomic mass is 9.99. The molecular formula is C17H16OS. The van der Waals surface area contributed by atoms with Crippen molar-refractivity contribution in [3.05, 3.63) is 77.9 Å². The van der Waals surface area contributed by atoms with Crippen molar-refractivity contribution in [3.8, 4) is 0 Å². The molecule has 1 aliphatic rings. The first-order chi connectivity index (χ1) is 9.35. The molecule has 0 spiro atoms. The Hall–Kier alpha value is -1.51. The molecular weight excluding hydrogens is 252 g/mol. The predicted octanol–water partition coefficient (Wildman–Crippen LogP) is 4.29. The standard InChI is InChI=1S/C17H16OS/c1-2-14-8-10-16(11-9-14)17(18-12-13-19-17)15-6-4-3-5-7-15/h2-11H,1,12-13H2. The van der Waals surface area contributed by atoms with Crippen LogP contribution < -0.4 is 0 Å². The quantitative estimate of drug-likeness (QED) is 0.821. The van der Waals surface area contributed by atoms with Gasteiger partial charge in [-0.05, 0) is 16.7 Å². The molecule has 1 heterocycles. The Balaban J connectivity index is 2.07. The van der Waals surface area contributed by atoms with E-state index in [9.17, 15) is 0 Å². The first-order valence-corrected chi connectivity index (χ1v) is 7.40. The van der Waals surface area contributed by atoms with Crippen LogP contribution in [0.25, 0.3) is 6.08 Å². The van der Waals surface area contributed by atoms with E-state index in [1.807, 2.05) is 23.9 Å². The Morgan fingerprint density at radius 2 is 1.68 bits per heavy atom. The third-order valence-electron chi connectivity index (χ3n) is 3.37. The Kier molecular flexibility index (Phi) is 3.45. The van der Waals surface area contributed by atoms with E-state index in [0.29, 0.717) is 0 Å². The van der Waals surface area contributed by atoms with Crippen LogP contribution in [0.15, 0.2) is 61.2 Å². The van der Waals surface area contributed by atoms with E-state index in [4.69, 9.17) is 4.74 Å². The second kappa shape index (κ2) is 5.24. The van der Waals surface area contributed by atoms with Crippen LogP contribution in [0, 0.1) is 0 Å². The molecule has 1 aliphatic heterocycles. The van der Waals surface area contributed by atoms with E-state index in [2.05, 4.69) is 55.1 Å². The summed E-state index contributed by atoms with van der Waals surface area (Å²) in [5.41, 5.74) is 3.55. The minimum absolute atomic E-state index is 0.346. The molecule has 1 nitrogen and oxygen atoms in total. The zero-order chi connectivity index (χ0) is 13.1. The number of hydrogen-bond donors (Lipinski definition) is 0. The third kappa shape index (κ3) is 2.22. The minimum Gasteiger partial charge on any atom is -0.355 e. The van der Waals surface area contributed by atoms with Crippen molar-refractivity contribution >= 4 is 17.8 Å². The summed E-state index contributed by atoms with van der Waals surface area (Å²) >= 11 is 1.86. The van der Waals surface area contributed by atoms with E-state index in [1.54, 1.807) is 0 Å². The summed E-state index contributed by atoms with van der Waals surface area (Å²) in [7, 11) is 0. The molecule has 0 bridgehead atoms. The molecule has 0 aliphatic carbocycles. The van der Waals surface area contributed by atoms with Gasteiger partial charge in [-0.3, -0.25) is 0 Å². The van der Waals surface area contributed by atoms with Crippen molar-refractivity contribution in [2.24, 2.45) is 0 Å². The van der Waals surface area contributed by atoms with Crippen LogP contribution in [-0.4, -0.2) is 12.4 Å². The molecule has 2 heteroatoms. The summed E-state index contributed by atoms with van der Waals surface area (Å²) in [4.78, 5) is -0.346. The normalized spacial score (nSPS) is 22.3. The highest BCUT2D eigenvalue weighted by Crippen LogP contribution is 2.47. The lowest BCUT2D eigenvalue weighted by Gasteiger charge is -2.28. The maximum Gasteiger partial charge on any atom is 0.165 e. The summed E-state index contributed by atoms with van der Waals surface area (Å²) < 4.78 is 6.12. The molecule has 1 unspecified atom stereocenters. The van der Waals surface area contributed by atoms with Gasteiger partial charge in [0.1, 0.15) is 0 Å². The molecule has 0 aromatic heterocycles. The summed E-state index contributed by atoms with van der Waals surface area (Å²) in [6, 6.07) is 18.9. The number of thioether (sulfide) groups is 1. The number of rotatable bonds is 3. The second-order valence-corrected chi connectivity index (χ2v) is 5.78. The third-order valence-corrected chi connectivity index (χ3v) is 4.74. The van der Waals surface area contributed by atoms with E-state index in [-0.39, 0.29) is 4.93 Å². The van der Waals surface area contributed by atoms with Crippen molar-refractivity contribution in [1.82, 2.24) is 0 Å². The van der Waals surface area contributed by atoms with Gasteiger partial charge in [0.05, 0.1) is 6.61 Å². The molecule has 19 heavy (non-hydrogen) atoms. The fraction of sp³-hybridized carbons (Fsp3) is 0.176. The summed E-state index contributed by atoms with van der Waals surface area (Å²) in [5, 5.41) is 0. The molecule has 0 saturated carbocycles. The molecule has 0 amide bonds. The average molecular weight is 268 g/mol. The topological polar surface area (TPSA) is 9.23 Å². The highest BCUT2D eigenvalue weighted by molar-refractivity contribution is 8.00. The van der Waals surface area contributed by atoms with Gasteiger partial charge in [0.2, 0.25) is 0 Å². The van der Waals surface area contributed by atoms with E-state index in [0.717, 1.165) is 17.9 Å². The first-order valence-electron chi connectivity index (χ1n) is 6.41. The predicted molar refractivity (Wildman–Crippen MR) is 82.2 cm³/mol. The van der Waals surface area contributed by atoms with Gasteiger partial charge in [-0.15, -0.1) is 11.8 Å². The SMILES string of the molecule is C=Cc1ccc(C2(c3ccccc3)OCCS2)cc1. The Morgan fingerprint density at radius 1 is 1.00 bits per heavy atom. The zero-order valence-corrected chi connectivity index (χ0v) is 11.5. The Bertz CT molecular complexity index is 554. The van der Waals surface area contributed by atoms with Gasteiger partial charge in [-0.2, -0.15) is 0 Å². The Morgan fingerprint density at radius 3 is 2.26 bits per heavy atom. The molecule has 1 atom stereocenters. The van der Waals surface area contributed by atoms with Crippen LogP contribution in [0.1, 0.15) is 16.7 Å². The van der Waals surface area contributed by atoms with Gasteiger partial charge >= 0.3 is 0 Å². The smallest absolute Gasteiger partial charge is 0.165 e. The largest absolute Gasteiger partial charge is 0.355 e. The van der Waals surface area contributed by atoms with Gasteiger partial charge in [-0.1, -0.05) is 67.3 Å². The molecule has 1 saturated heterocycles. The monoisotopic (exact) mass is 268 g/mol. The van der Waals surface area contributed by atoms with E-state index < -0.39 is 0 Å². The minimum atomic E-state index is -0.346. The van der Waals surface area contributed by atoms with E-state index in [1.165, 1.54) is 11.1 Å². The number of hydrogen-bond acceptors (Lipinski definition) is 2. The van der Waals surface area contributed by atoms with Crippen LogP contribution in [-0.2, 0) is 9.67 Å². The molecule has 2 aromatic carbocycles. The highest BCUT2D eigenvalue weighted by Gasteiger charge is 2.39. The van der Waals surface area contributed by atoms with E-state index >= 15 is 0 Å². The van der Waals surface area contributed by atoms with Gasteiger partial charge < -0.3 is 4.74 Å². The molecule has 1 fully saturated rings. The van der Waals surface area contributed by atoms with Crippen LogP contribution in [0.4, 0.5) is 0 Å². The lowest BCUT2D eigenvalue weighted by Crippen LogP contribution is -2.23. The lowest BCUT2D eigenvalue weighted by molar-refractivity contribution is 0.0808. The molecule has 0 N–H and O–H groups in total. The summed E-state index contributed by atoms with van der Waals surface area (Å²) in [5.74, 6) is 1.03. The molecule has 0 radical (unpaired) electrons. The number of ether oxygens (including phenoxy) is 1. The maximum atomic E-state index is 6.12. The van der Waals surface area contributed by atoms with Gasteiger partial charge in [-0.25, -0.2) is 0 Å². The first kappa shape index (κ1) is 12.5. The zero-order valence-electron chi connectivity index (χ0n) is 10.7. The van der Waals surface area contributed by atoms with Crippen molar-refractivity contribution in [2.45, 2.75) is 4.93 Å². The van der Waals surface area contributed by atoms with Crippen molar-refractivity contribution in [1.29, 1.82) is 0 Å². The molecule has 96 valence electrons. The maximum absolute atomic E-state index is 6.12. The highest BCUT2D eigenvalue weighted by atomic mass is 32.2. The second-order valence-electron chi connectivity index (χ2n) is 4.51. The van der Waals surface area contributed by atoms with Crippen molar-refractivity contribution < 1.29 is 4.74 Å².